The number of amides is 8. The maximum absolute atomic E-state index is 13.9. The quantitative estimate of drug-likeness (QED) is 0.0274. The smallest absolute Gasteiger partial charge is 0.222 e. The van der Waals surface area contributed by atoms with Gasteiger partial charge in [0.15, 0.2) is 18.9 Å². The van der Waals surface area contributed by atoms with Gasteiger partial charge in [-0.2, -0.15) is 0 Å². The number of aliphatic hydroxyl groups is 9. The van der Waals surface area contributed by atoms with Crippen LogP contribution >= 0.6 is 0 Å². The first-order valence-corrected chi connectivity index (χ1v) is 36.9. The van der Waals surface area contributed by atoms with Crippen LogP contribution in [0.25, 0.3) is 0 Å². The van der Waals surface area contributed by atoms with Gasteiger partial charge in [-0.05, 0) is 72.1 Å². The van der Waals surface area contributed by atoms with Gasteiger partial charge in [0.2, 0.25) is 47.3 Å². The van der Waals surface area contributed by atoms with E-state index in [1.54, 1.807) is 0 Å². The van der Waals surface area contributed by atoms with E-state index < -0.39 is 141 Å². The Morgan fingerprint density at radius 1 is 0.346 bits per heavy atom. The summed E-state index contributed by atoms with van der Waals surface area (Å²) in [5.74, 6) is -3.24. The second kappa shape index (κ2) is 52.9. The fourth-order valence-corrected chi connectivity index (χ4v) is 11.5. The topological polar surface area (TPSA) is 507 Å². The summed E-state index contributed by atoms with van der Waals surface area (Å²) >= 11 is 0. The summed E-state index contributed by atoms with van der Waals surface area (Å²) in [6.45, 7) is 9.56. The van der Waals surface area contributed by atoms with Gasteiger partial charge in [0.1, 0.15) is 78.6 Å². The zero-order valence-corrected chi connectivity index (χ0v) is 61.9. The molecule has 0 radical (unpaired) electrons. The number of carbonyl (C=O) groups excluding carboxylic acids is 8. The van der Waals surface area contributed by atoms with Gasteiger partial charge in [0.05, 0.1) is 65.1 Å². The fraction of sp³-hybridized carbons (Fsp3) is 0.884. The molecule has 604 valence electrons. The minimum Gasteiger partial charge on any atom is -0.394 e. The number of nitrogens with one attached hydrogen (secondary N) is 8. The Morgan fingerprint density at radius 3 is 0.894 bits per heavy atom. The van der Waals surface area contributed by atoms with E-state index in [2.05, 4.69) is 42.5 Å². The Balaban J connectivity index is 1.60. The van der Waals surface area contributed by atoms with E-state index in [1.807, 2.05) is 20.8 Å². The molecule has 3 rings (SSSR count). The summed E-state index contributed by atoms with van der Waals surface area (Å²) in [7, 11) is 0. The van der Waals surface area contributed by atoms with Crippen LogP contribution < -0.4 is 42.5 Å². The molecule has 8 amide bonds. The molecule has 0 bridgehead atoms. The van der Waals surface area contributed by atoms with E-state index in [1.165, 1.54) is 20.8 Å². The van der Waals surface area contributed by atoms with E-state index in [0.717, 1.165) is 25.7 Å². The first kappa shape index (κ1) is 93.2. The lowest BCUT2D eigenvalue weighted by molar-refractivity contribution is -0.270. The van der Waals surface area contributed by atoms with Crippen molar-refractivity contribution in [1.29, 1.82) is 0 Å². The van der Waals surface area contributed by atoms with Gasteiger partial charge in [-0.1, -0.05) is 51.4 Å². The molecule has 0 aromatic heterocycles. The van der Waals surface area contributed by atoms with Crippen LogP contribution in [-0.2, 0) is 85.7 Å². The van der Waals surface area contributed by atoms with Gasteiger partial charge in [-0.3, -0.25) is 38.4 Å². The predicted molar refractivity (Wildman–Crippen MR) is 372 cm³/mol. The lowest BCUT2D eigenvalue weighted by Gasteiger charge is -2.42. The lowest BCUT2D eigenvalue weighted by Crippen LogP contribution is -2.64. The normalized spacial score (nSPS) is 25.4. The van der Waals surface area contributed by atoms with Gasteiger partial charge in [-0.15, -0.1) is 0 Å². The van der Waals surface area contributed by atoms with Crippen molar-refractivity contribution in [3.05, 3.63) is 0 Å². The monoisotopic (exact) mass is 1500 g/mol. The molecule has 3 fully saturated rings. The molecule has 3 saturated heterocycles. The molecule has 0 aromatic carbocycles. The van der Waals surface area contributed by atoms with Crippen molar-refractivity contribution in [2.75, 3.05) is 112 Å². The zero-order valence-electron chi connectivity index (χ0n) is 61.9. The third-order valence-electron chi connectivity index (χ3n) is 17.2. The third kappa shape index (κ3) is 38.7. The van der Waals surface area contributed by atoms with Crippen molar-refractivity contribution in [3.8, 4) is 0 Å². The van der Waals surface area contributed by atoms with Crippen LogP contribution in [0.3, 0.4) is 0 Å². The Bertz CT molecular complexity index is 2230. The summed E-state index contributed by atoms with van der Waals surface area (Å²) in [4.78, 5) is 101. The third-order valence-corrected chi connectivity index (χ3v) is 17.2. The van der Waals surface area contributed by atoms with Crippen LogP contribution in [0.1, 0.15) is 176 Å². The Morgan fingerprint density at radius 2 is 0.615 bits per heavy atom. The first-order chi connectivity index (χ1) is 49.6. The van der Waals surface area contributed by atoms with Gasteiger partial charge in [-0.25, -0.2) is 0 Å². The molecular weight excluding hydrogens is 1370 g/mol. The minimum absolute atomic E-state index is 0.0741. The Labute approximate surface area is 611 Å². The van der Waals surface area contributed by atoms with Crippen LogP contribution in [0.2, 0.25) is 0 Å². The fourth-order valence-electron chi connectivity index (χ4n) is 11.5. The standard InChI is InChI=1S/C69H126N8O27/c1-45(81)74-56-62(92)59(89)48(39-78)102-65(56)98-32-19-11-7-15-29-71-52(85)25-36-95-42-69(77-55(88)24-23-51(84)70-28-18-10-14-22-35-101-68(4,5)6,43-96-37-26-53(86)72-30-16-8-12-20-33-99-66-57(75-46(2)82)63(93)60(90)49(40-79)103-66)44-97-38-27-54(87)73-31-17-9-13-21-34-100-67-58(76-47(3)83)64(94)61(91)50(41-80)104-67/h48-50,56-67,78-80,89-94H,7-44H2,1-6H3,(H,70,84)(H,71,85)(H,72,86)(H,73,87)(H,74,81)(H,75,82)(H,76,83)(H,77,88)/t48?,49?,50?,56?,57?,58?,59-,60-,61-,62+,63+,64+,65+,66+,67+,69?/m0/s1. The minimum atomic E-state index is -1.47. The largest absolute Gasteiger partial charge is 0.394 e. The molecule has 17 N–H and O–H groups in total. The molecule has 3 aliphatic heterocycles. The summed E-state index contributed by atoms with van der Waals surface area (Å²) < 4.78 is 58.3. The van der Waals surface area contributed by atoms with Crippen molar-refractivity contribution in [3.63, 3.8) is 0 Å². The highest BCUT2D eigenvalue weighted by Crippen LogP contribution is 2.26. The highest BCUT2D eigenvalue weighted by Gasteiger charge is 2.48. The highest BCUT2D eigenvalue weighted by atomic mass is 16.7. The van der Waals surface area contributed by atoms with Gasteiger partial charge in [0.25, 0.3) is 0 Å². The van der Waals surface area contributed by atoms with E-state index in [4.69, 9.17) is 47.4 Å². The molecule has 6 unspecified atom stereocenters. The molecule has 104 heavy (non-hydrogen) atoms. The molecule has 15 atom stereocenters. The number of carbonyl (C=O) groups is 8. The first-order valence-electron chi connectivity index (χ1n) is 36.9. The molecule has 0 saturated carbocycles. The maximum atomic E-state index is 13.9. The SMILES string of the molecule is CC(=O)NC1[C@H](OCCCCCCNC(=O)CCOCC(COCCC(=O)NCCCCCCO[C@@H]2OC(CO)[C@H](O)[C@H](O)C2NC(C)=O)(COCCC(=O)NCCCCCCO[C@@H]2OC(CO)[C@H](O)[C@H](O)C2NC(C)=O)NC(=O)CCC(=O)NCCCCCCOC(C)(C)C)OC(CO)[C@H](O)[C@@H]1O. The number of aliphatic hydroxyl groups excluding tert-OH is 9. The van der Waals surface area contributed by atoms with Gasteiger partial charge < -0.3 is 136 Å². The average Bonchev–Trinajstić information content (AvgIpc) is 0.822. The van der Waals surface area contributed by atoms with E-state index in [-0.39, 0.29) is 121 Å². The number of hydrogen-bond donors (Lipinski definition) is 17. The summed E-state index contributed by atoms with van der Waals surface area (Å²) in [5.41, 5.74) is -1.69. The molecule has 35 nitrogen and oxygen atoms in total. The van der Waals surface area contributed by atoms with Crippen LogP contribution in [0.5, 0.6) is 0 Å². The second-order valence-corrected chi connectivity index (χ2v) is 27.7. The number of ether oxygens (including phenoxy) is 10. The van der Waals surface area contributed by atoms with Gasteiger partial charge in [0, 0.05) is 105 Å². The van der Waals surface area contributed by atoms with Crippen LogP contribution in [0.15, 0.2) is 0 Å². The Hall–Kier alpha value is -5.00. The summed E-state index contributed by atoms with van der Waals surface area (Å²) in [5, 5.41) is 113. The molecule has 0 aromatic rings. The van der Waals surface area contributed by atoms with Crippen molar-refractivity contribution in [1.82, 2.24) is 42.5 Å². The number of hydrogen-bond acceptors (Lipinski definition) is 27. The van der Waals surface area contributed by atoms with Crippen molar-refractivity contribution in [2.45, 2.75) is 279 Å². The molecule has 0 spiro atoms. The highest BCUT2D eigenvalue weighted by molar-refractivity contribution is 5.84. The van der Waals surface area contributed by atoms with E-state index in [0.29, 0.717) is 110 Å². The van der Waals surface area contributed by atoms with Crippen LogP contribution in [-0.4, -0.2) is 308 Å². The molecule has 0 aliphatic carbocycles. The Kier molecular flexibility index (Phi) is 47.4. The van der Waals surface area contributed by atoms with Crippen molar-refractivity contribution in [2.24, 2.45) is 0 Å². The van der Waals surface area contributed by atoms with E-state index >= 15 is 0 Å². The summed E-state index contributed by atoms with van der Waals surface area (Å²) in [6, 6.07) is -3.17. The van der Waals surface area contributed by atoms with Crippen molar-refractivity contribution >= 4 is 47.3 Å². The van der Waals surface area contributed by atoms with Crippen molar-refractivity contribution < 1.29 is 132 Å². The molecule has 3 heterocycles. The van der Waals surface area contributed by atoms with Crippen LogP contribution in [0.4, 0.5) is 0 Å². The molecule has 35 heteroatoms. The molecule has 3 aliphatic rings. The maximum Gasteiger partial charge on any atom is 0.222 e. The number of rotatable bonds is 56. The van der Waals surface area contributed by atoms with E-state index in [9.17, 15) is 84.3 Å². The number of unbranched alkanes of at least 4 members (excludes halogenated alkanes) is 12. The summed E-state index contributed by atoms with van der Waals surface area (Å²) in [6.07, 6.45) is -4.73. The predicted octanol–water partition coefficient (Wildman–Crippen LogP) is -2.76. The zero-order chi connectivity index (χ0) is 76.9. The average molecular weight is 1500 g/mol. The van der Waals surface area contributed by atoms with Gasteiger partial charge >= 0.3 is 0 Å². The lowest BCUT2D eigenvalue weighted by atomic mass is 9.97. The second-order valence-electron chi connectivity index (χ2n) is 27.7. The van der Waals surface area contributed by atoms with Crippen LogP contribution in [0, 0.1) is 0 Å². The molecular formula is C69H126N8O27.